The number of hydrogen-bond donors (Lipinski definition) is 1. The molecule has 0 spiro atoms. The highest BCUT2D eigenvalue weighted by atomic mass is 16.5. The number of amides is 1. The number of hydrazone groups is 1. The van der Waals surface area contributed by atoms with Gasteiger partial charge in [0.25, 0.3) is 11.5 Å². The molecule has 0 aliphatic carbocycles. The molecule has 0 unspecified atom stereocenters. The van der Waals surface area contributed by atoms with E-state index < -0.39 is 0 Å². The number of nitrogens with zero attached hydrogens (tertiary/aromatic N) is 4. The number of carbonyl (C=O) groups excluding carboxylic acids is 1. The summed E-state index contributed by atoms with van der Waals surface area (Å²) in [4.78, 5) is 29.4. The van der Waals surface area contributed by atoms with Crippen molar-refractivity contribution in [2.75, 3.05) is 6.61 Å². The van der Waals surface area contributed by atoms with Crippen LogP contribution in [0.3, 0.4) is 0 Å². The number of nitrogens with one attached hydrogen (secondary N) is 1. The molecular weight excluding hydrogens is 370 g/mol. The Balaban J connectivity index is 1.46. The first kappa shape index (κ1) is 18.4. The van der Waals surface area contributed by atoms with Gasteiger partial charge in [0.15, 0.2) is 6.61 Å². The van der Waals surface area contributed by atoms with Crippen molar-refractivity contribution in [3.8, 4) is 11.8 Å². The number of hydrogen-bond acceptors (Lipinski definition) is 6. The highest BCUT2D eigenvalue weighted by Gasteiger charge is 2.17. The molecule has 1 aliphatic rings. The number of aryl methyl sites for hydroxylation is 1. The van der Waals surface area contributed by atoms with Gasteiger partial charge in [-0.15, -0.1) is 0 Å². The first-order valence-electron chi connectivity index (χ1n) is 9.12. The molecule has 0 fully saturated rings. The summed E-state index contributed by atoms with van der Waals surface area (Å²) < 4.78 is 6.87. The van der Waals surface area contributed by atoms with Gasteiger partial charge in [-0.2, -0.15) is 10.4 Å². The maximum atomic E-state index is 12.5. The van der Waals surface area contributed by atoms with E-state index in [4.69, 9.17) is 10.00 Å². The van der Waals surface area contributed by atoms with Crippen LogP contribution in [0.5, 0.6) is 5.75 Å². The van der Waals surface area contributed by atoms with Crippen LogP contribution in [0.1, 0.15) is 28.2 Å². The number of carbonyl (C=O) groups is 1. The summed E-state index contributed by atoms with van der Waals surface area (Å²) in [6.45, 7) is 0.679. The summed E-state index contributed by atoms with van der Waals surface area (Å²) in [5.41, 5.74) is 4.08. The van der Waals surface area contributed by atoms with E-state index >= 15 is 0 Å². The fraction of sp³-hybridized carbons (Fsp3) is 0.190. The second kappa shape index (κ2) is 7.94. The third-order valence-corrected chi connectivity index (χ3v) is 4.64. The number of fused-ring (bicyclic) bond motifs is 2. The second-order valence-electron chi connectivity index (χ2n) is 6.54. The Bertz CT molecular complexity index is 1210. The molecule has 1 amide bonds. The highest BCUT2D eigenvalue weighted by molar-refractivity contribution is 5.98. The fourth-order valence-corrected chi connectivity index (χ4v) is 3.22. The minimum Gasteiger partial charge on any atom is -0.479 e. The van der Waals surface area contributed by atoms with Crippen molar-refractivity contribution < 1.29 is 9.53 Å². The van der Waals surface area contributed by atoms with Crippen LogP contribution in [0, 0.1) is 11.3 Å². The molecule has 144 valence electrons. The normalized spacial score (nSPS) is 12.7. The highest BCUT2D eigenvalue weighted by Crippen LogP contribution is 2.16. The predicted molar refractivity (Wildman–Crippen MR) is 107 cm³/mol. The molecule has 2 aromatic carbocycles. The van der Waals surface area contributed by atoms with Crippen molar-refractivity contribution in [1.29, 1.82) is 5.26 Å². The van der Waals surface area contributed by atoms with E-state index in [9.17, 15) is 9.59 Å². The Labute approximate surface area is 166 Å². The Morgan fingerprint density at radius 1 is 1.31 bits per heavy atom. The molecule has 0 atom stereocenters. The van der Waals surface area contributed by atoms with Gasteiger partial charge in [0.1, 0.15) is 17.6 Å². The smallest absolute Gasteiger partial charge is 0.271 e. The molecule has 29 heavy (non-hydrogen) atoms. The third kappa shape index (κ3) is 3.84. The molecule has 0 bridgehead atoms. The van der Waals surface area contributed by atoms with Crippen LogP contribution >= 0.6 is 0 Å². The minimum absolute atomic E-state index is 0.0144. The average Bonchev–Trinajstić information content (AvgIpc) is 3.21. The van der Waals surface area contributed by atoms with Gasteiger partial charge in [0, 0.05) is 18.5 Å². The standard InChI is InChI=1S/C21H17N5O3/c22-9-11-29-16-6-3-14(4-7-16)13-23-25-20(27)15-5-8-17-18(12-15)24-19-2-1-10-26(19)21(17)28/h3-8,12-13H,1-2,10-11H2,(H,25,27)/b23-13-. The SMILES string of the molecule is N#CCOc1ccc(/C=N\NC(=O)c2ccc3c(=O)n4c(nc3c2)CCC4)cc1. The molecule has 0 saturated carbocycles. The summed E-state index contributed by atoms with van der Waals surface area (Å²) in [6, 6.07) is 13.7. The van der Waals surface area contributed by atoms with Crippen LogP contribution in [-0.2, 0) is 13.0 Å². The summed E-state index contributed by atoms with van der Waals surface area (Å²) in [7, 11) is 0. The fourth-order valence-electron chi connectivity index (χ4n) is 3.22. The van der Waals surface area contributed by atoms with Crippen molar-refractivity contribution in [1.82, 2.24) is 15.0 Å². The van der Waals surface area contributed by atoms with Gasteiger partial charge in [-0.1, -0.05) is 0 Å². The lowest BCUT2D eigenvalue weighted by atomic mass is 10.1. The minimum atomic E-state index is -0.389. The molecule has 0 radical (unpaired) electrons. The van der Waals surface area contributed by atoms with Gasteiger partial charge < -0.3 is 4.74 Å². The van der Waals surface area contributed by atoms with Crippen LogP contribution in [-0.4, -0.2) is 28.3 Å². The van der Waals surface area contributed by atoms with Gasteiger partial charge in [-0.25, -0.2) is 10.4 Å². The number of aromatic nitrogens is 2. The van der Waals surface area contributed by atoms with Gasteiger partial charge >= 0.3 is 0 Å². The van der Waals surface area contributed by atoms with Crippen molar-refractivity contribution in [3.63, 3.8) is 0 Å². The maximum absolute atomic E-state index is 12.5. The lowest BCUT2D eigenvalue weighted by Crippen LogP contribution is -2.22. The topological polar surface area (TPSA) is 109 Å². The number of ether oxygens (including phenoxy) is 1. The zero-order chi connectivity index (χ0) is 20.2. The number of benzene rings is 2. The van der Waals surface area contributed by atoms with E-state index in [1.54, 1.807) is 47.0 Å². The molecular formula is C21H17N5O3. The van der Waals surface area contributed by atoms with Crippen LogP contribution in [0.25, 0.3) is 10.9 Å². The van der Waals surface area contributed by atoms with Crippen LogP contribution in [0.4, 0.5) is 0 Å². The van der Waals surface area contributed by atoms with Crippen molar-refractivity contribution in [3.05, 3.63) is 69.8 Å². The van der Waals surface area contributed by atoms with Crippen molar-refractivity contribution in [2.45, 2.75) is 19.4 Å². The molecule has 3 aromatic rings. The molecule has 8 nitrogen and oxygen atoms in total. The summed E-state index contributed by atoms with van der Waals surface area (Å²) in [5.74, 6) is 0.957. The predicted octanol–water partition coefficient (Wildman–Crippen LogP) is 2.01. The molecule has 0 saturated heterocycles. The van der Waals surface area contributed by atoms with Crippen molar-refractivity contribution >= 4 is 23.0 Å². The van der Waals surface area contributed by atoms with Gasteiger partial charge in [-0.05, 0) is 54.4 Å². The molecule has 1 N–H and O–H groups in total. The summed E-state index contributed by atoms with van der Waals surface area (Å²) in [5, 5.41) is 13.0. The maximum Gasteiger partial charge on any atom is 0.271 e. The molecule has 1 aliphatic heterocycles. The second-order valence-corrected chi connectivity index (χ2v) is 6.54. The largest absolute Gasteiger partial charge is 0.479 e. The Morgan fingerprint density at radius 3 is 2.93 bits per heavy atom. The first-order chi connectivity index (χ1) is 14.2. The Hall–Kier alpha value is -3.99. The van der Waals surface area contributed by atoms with E-state index in [-0.39, 0.29) is 18.1 Å². The zero-order valence-electron chi connectivity index (χ0n) is 15.5. The van der Waals surface area contributed by atoms with Crippen LogP contribution < -0.4 is 15.7 Å². The lowest BCUT2D eigenvalue weighted by Gasteiger charge is -2.06. The van der Waals surface area contributed by atoms with Crippen LogP contribution in [0.15, 0.2) is 52.4 Å². The van der Waals surface area contributed by atoms with Gasteiger partial charge in [0.05, 0.1) is 17.1 Å². The van der Waals surface area contributed by atoms with E-state index in [1.165, 1.54) is 6.21 Å². The zero-order valence-corrected chi connectivity index (χ0v) is 15.5. The quantitative estimate of drug-likeness (QED) is 0.532. The third-order valence-electron chi connectivity index (χ3n) is 4.64. The number of rotatable bonds is 5. The molecule has 2 heterocycles. The molecule has 8 heteroatoms. The van der Waals surface area contributed by atoms with Gasteiger partial charge in [-0.3, -0.25) is 14.2 Å². The van der Waals surface area contributed by atoms with E-state index in [0.717, 1.165) is 24.2 Å². The molecule has 4 rings (SSSR count). The van der Waals surface area contributed by atoms with E-state index in [0.29, 0.717) is 28.8 Å². The van der Waals surface area contributed by atoms with Crippen LogP contribution in [0.2, 0.25) is 0 Å². The van der Waals surface area contributed by atoms with Crippen molar-refractivity contribution in [2.24, 2.45) is 5.10 Å². The average molecular weight is 387 g/mol. The van der Waals surface area contributed by atoms with Gasteiger partial charge in [0.2, 0.25) is 0 Å². The summed E-state index contributed by atoms with van der Waals surface area (Å²) >= 11 is 0. The van der Waals surface area contributed by atoms with E-state index in [2.05, 4.69) is 15.5 Å². The lowest BCUT2D eigenvalue weighted by molar-refractivity contribution is 0.0955. The first-order valence-corrected chi connectivity index (χ1v) is 9.12. The summed E-state index contributed by atoms with van der Waals surface area (Å²) in [6.07, 6.45) is 3.18. The molecule has 1 aromatic heterocycles. The Kier molecular flexibility index (Phi) is 5.03. The Morgan fingerprint density at radius 2 is 2.14 bits per heavy atom. The number of nitriles is 1. The van der Waals surface area contributed by atoms with E-state index in [1.807, 2.05) is 6.07 Å². The monoisotopic (exact) mass is 387 g/mol.